The Morgan fingerprint density at radius 1 is 1.28 bits per heavy atom. The molecule has 1 atom stereocenters. The summed E-state index contributed by atoms with van der Waals surface area (Å²) in [5.41, 5.74) is 1.02. The van der Waals surface area contributed by atoms with Crippen LogP contribution in [0.5, 0.6) is 0 Å². The Bertz CT molecular complexity index is 882. The van der Waals surface area contributed by atoms with E-state index < -0.39 is 11.9 Å². The van der Waals surface area contributed by atoms with Gasteiger partial charge in [0.25, 0.3) is 0 Å². The monoisotopic (exact) mass is 350 g/mol. The summed E-state index contributed by atoms with van der Waals surface area (Å²) < 4.78 is 41.9. The molecule has 4 heterocycles. The smallest absolute Gasteiger partial charge is 0.334 e. The van der Waals surface area contributed by atoms with Crippen LogP contribution in [-0.4, -0.2) is 30.5 Å². The molecule has 25 heavy (non-hydrogen) atoms. The molecule has 3 aromatic rings. The van der Waals surface area contributed by atoms with E-state index in [-0.39, 0.29) is 5.92 Å². The van der Waals surface area contributed by atoms with Crippen LogP contribution in [0.2, 0.25) is 0 Å². The SMILES string of the molecule is FC(F)(F)c1cn2c(n1)CCC(CNCc1cnc3cnccn13)C2. The highest BCUT2D eigenvalue weighted by atomic mass is 19.4. The molecule has 6 nitrogen and oxygen atoms in total. The number of aryl methyl sites for hydroxylation is 1. The van der Waals surface area contributed by atoms with Crippen LogP contribution in [0.1, 0.15) is 23.6 Å². The first-order valence-corrected chi connectivity index (χ1v) is 8.10. The highest BCUT2D eigenvalue weighted by molar-refractivity contribution is 5.36. The lowest BCUT2D eigenvalue weighted by Crippen LogP contribution is -2.30. The normalized spacial score (nSPS) is 17.8. The molecule has 0 aromatic carbocycles. The van der Waals surface area contributed by atoms with E-state index in [4.69, 9.17) is 0 Å². The van der Waals surface area contributed by atoms with E-state index >= 15 is 0 Å². The van der Waals surface area contributed by atoms with Crippen molar-refractivity contribution in [1.29, 1.82) is 0 Å². The number of halogens is 3. The Hall–Kier alpha value is -2.42. The summed E-state index contributed by atoms with van der Waals surface area (Å²) in [7, 11) is 0. The molecule has 1 N–H and O–H groups in total. The number of imidazole rings is 2. The Balaban J connectivity index is 1.36. The molecule has 9 heteroatoms. The number of fused-ring (bicyclic) bond motifs is 2. The average Bonchev–Trinajstić information content (AvgIpc) is 3.18. The van der Waals surface area contributed by atoms with Crippen LogP contribution in [0.4, 0.5) is 13.2 Å². The minimum absolute atomic E-state index is 0.281. The number of hydrogen-bond donors (Lipinski definition) is 1. The van der Waals surface area contributed by atoms with Crippen LogP contribution < -0.4 is 5.32 Å². The van der Waals surface area contributed by atoms with E-state index in [2.05, 4.69) is 20.3 Å². The van der Waals surface area contributed by atoms with Crippen LogP contribution in [0.15, 0.2) is 31.0 Å². The first kappa shape index (κ1) is 16.1. The zero-order valence-electron chi connectivity index (χ0n) is 13.4. The van der Waals surface area contributed by atoms with Crippen molar-refractivity contribution in [2.24, 2.45) is 5.92 Å². The third-order valence-electron chi connectivity index (χ3n) is 4.51. The lowest BCUT2D eigenvalue weighted by atomic mass is 9.99. The van der Waals surface area contributed by atoms with Gasteiger partial charge in [-0.3, -0.25) is 9.38 Å². The van der Waals surface area contributed by atoms with E-state index in [0.29, 0.717) is 25.3 Å². The molecular weight excluding hydrogens is 333 g/mol. The van der Waals surface area contributed by atoms with Crippen LogP contribution in [-0.2, 0) is 25.7 Å². The highest BCUT2D eigenvalue weighted by Crippen LogP contribution is 2.30. The van der Waals surface area contributed by atoms with Crippen LogP contribution in [0, 0.1) is 5.92 Å². The number of rotatable bonds is 4. The Labute approximate surface area is 141 Å². The second-order valence-electron chi connectivity index (χ2n) is 6.28. The van der Waals surface area contributed by atoms with Gasteiger partial charge >= 0.3 is 6.18 Å². The van der Waals surface area contributed by atoms with Crippen LogP contribution in [0.3, 0.4) is 0 Å². The van der Waals surface area contributed by atoms with Gasteiger partial charge in [-0.05, 0) is 12.3 Å². The fraction of sp³-hybridized carbons (Fsp3) is 0.438. The van der Waals surface area contributed by atoms with Gasteiger partial charge in [-0.15, -0.1) is 0 Å². The van der Waals surface area contributed by atoms with Gasteiger partial charge in [0.1, 0.15) is 5.82 Å². The van der Waals surface area contributed by atoms with Crippen molar-refractivity contribution in [3.63, 3.8) is 0 Å². The van der Waals surface area contributed by atoms with Crippen molar-refractivity contribution in [2.75, 3.05) is 6.54 Å². The summed E-state index contributed by atoms with van der Waals surface area (Å²) >= 11 is 0. The summed E-state index contributed by atoms with van der Waals surface area (Å²) in [5, 5.41) is 3.38. The van der Waals surface area contributed by atoms with Gasteiger partial charge in [0.15, 0.2) is 11.3 Å². The summed E-state index contributed by atoms with van der Waals surface area (Å²) in [4.78, 5) is 12.0. The van der Waals surface area contributed by atoms with Crippen molar-refractivity contribution >= 4 is 5.65 Å². The molecule has 1 aliphatic heterocycles. The molecule has 132 valence electrons. The summed E-state index contributed by atoms with van der Waals surface area (Å²) in [6.07, 6.45) is 5.21. The number of hydrogen-bond acceptors (Lipinski definition) is 4. The van der Waals surface area contributed by atoms with Crippen molar-refractivity contribution in [1.82, 2.24) is 29.2 Å². The molecule has 0 aliphatic carbocycles. The predicted molar refractivity (Wildman–Crippen MR) is 83.7 cm³/mol. The molecule has 0 amide bonds. The minimum Gasteiger partial charge on any atom is -0.334 e. The molecule has 1 aliphatic rings. The van der Waals surface area contributed by atoms with Gasteiger partial charge in [-0.25, -0.2) is 9.97 Å². The first-order chi connectivity index (χ1) is 12.0. The number of aromatic nitrogens is 5. The Kier molecular flexibility index (Phi) is 3.95. The van der Waals surface area contributed by atoms with E-state index in [1.807, 2.05) is 10.6 Å². The van der Waals surface area contributed by atoms with Gasteiger partial charge in [0.2, 0.25) is 0 Å². The third-order valence-corrected chi connectivity index (χ3v) is 4.51. The Morgan fingerprint density at radius 3 is 3.00 bits per heavy atom. The van der Waals surface area contributed by atoms with Crippen molar-refractivity contribution in [3.05, 3.63) is 48.2 Å². The van der Waals surface area contributed by atoms with Crippen molar-refractivity contribution in [2.45, 2.75) is 32.1 Å². The van der Waals surface area contributed by atoms with Gasteiger partial charge < -0.3 is 9.88 Å². The first-order valence-electron chi connectivity index (χ1n) is 8.10. The maximum atomic E-state index is 12.8. The largest absolute Gasteiger partial charge is 0.434 e. The quantitative estimate of drug-likeness (QED) is 0.784. The van der Waals surface area contributed by atoms with E-state index in [1.54, 1.807) is 23.2 Å². The molecule has 0 saturated heterocycles. The zero-order valence-corrected chi connectivity index (χ0v) is 13.4. The lowest BCUT2D eigenvalue weighted by Gasteiger charge is -2.23. The predicted octanol–water partition coefficient (Wildman–Crippen LogP) is 2.30. The third kappa shape index (κ3) is 3.23. The topological polar surface area (TPSA) is 60.0 Å². The minimum atomic E-state index is -4.38. The van der Waals surface area contributed by atoms with Crippen molar-refractivity contribution in [3.8, 4) is 0 Å². The molecule has 0 fully saturated rings. The maximum absolute atomic E-state index is 12.8. The lowest BCUT2D eigenvalue weighted by molar-refractivity contribution is -0.141. The van der Waals surface area contributed by atoms with Gasteiger partial charge in [0.05, 0.1) is 18.1 Å². The molecule has 1 unspecified atom stereocenters. The van der Waals surface area contributed by atoms with E-state index in [9.17, 15) is 13.2 Å². The molecule has 0 radical (unpaired) electrons. The van der Waals surface area contributed by atoms with Crippen molar-refractivity contribution < 1.29 is 13.2 Å². The summed E-state index contributed by atoms with van der Waals surface area (Å²) in [5.74, 6) is 0.807. The number of nitrogens with one attached hydrogen (secondary N) is 1. The second kappa shape index (κ2) is 6.14. The molecule has 0 bridgehead atoms. The van der Waals surface area contributed by atoms with Crippen LogP contribution in [0.25, 0.3) is 5.65 Å². The highest BCUT2D eigenvalue weighted by Gasteiger charge is 2.35. The fourth-order valence-electron chi connectivity index (χ4n) is 3.25. The fourth-order valence-corrected chi connectivity index (χ4v) is 3.25. The summed E-state index contributed by atoms with van der Waals surface area (Å²) in [6, 6.07) is 0. The van der Waals surface area contributed by atoms with E-state index in [0.717, 1.165) is 30.5 Å². The molecule has 0 saturated carbocycles. The maximum Gasteiger partial charge on any atom is 0.434 e. The summed E-state index contributed by atoms with van der Waals surface area (Å²) in [6.45, 7) is 1.94. The van der Waals surface area contributed by atoms with Gasteiger partial charge in [-0.2, -0.15) is 13.2 Å². The standard InChI is InChI=1S/C16H17F3N6/c17-16(18,19)13-10-24-9-11(1-2-14(24)23-13)5-21-6-12-7-22-15-8-20-3-4-25(12)15/h3-4,7-8,10-11,21H,1-2,5-6,9H2. The molecular formula is C16H17F3N6. The number of alkyl halides is 3. The van der Waals surface area contributed by atoms with Gasteiger partial charge in [0, 0.05) is 44.6 Å². The molecule has 3 aromatic heterocycles. The Morgan fingerprint density at radius 2 is 2.16 bits per heavy atom. The van der Waals surface area contributed by atoms with E-state index in [1.165, 1.54) is 0 Å². The zero-order chi connectivity index (χ0) is 17.4. The van der Waals surface area contributed by atoms with Gasteiger partial charge in [-0.1, -0.05) is 0 Å². The second-order valence-corrected chi connectivity index (χ2v) is 6.28. The van der Waals surface area contributed by atoms with Crippen LogP contribution >= 0.6 is 0 Å². The molecule has 0 spiro atoms. The number of nitrogens with zero attached hydrogens (tertiary/aromatic N) is 5. The molecule has 4 rings (SSSR count). The average molecular weight is 350 g/mol.